The highest BCUT2D eigenvalue weighted by Gasteiger charge is 2.31. The molecule has 0 radical (unpaired) electrons. The minimum Gasteiger partial charge on any atom is -0.294 e. The molecule has 0 atom stereocenters. The molecule has 1 aromatic carbocycles. The van der Waals surface area contributed by atoms with Crippen LogP contribution in [0.3, 0.4) is 0 Å². The largest absolute Gasteiger partial charge is 0.416 e. The molecule has 0 N–H and O–H groups in total. The van der Waals surface area contributed by atoms with E-state index in [9.17, 15) is 18.0 Å². The van der Waals surface area contributed by atoms with Crippen molar-refractivity contribution in [3.63, 3.8) is 0 Å². The summed E-state index contributed by atoms with van der Waals surface area (Å²) >= 11 is 11.1. The second-order valence-corrected chi connectivity index (χ2v) is 4.19. The first-order chi connectivity index (χ1) is 7.86. The average Bonchev–Trinajstić information content (AvgIpc) is 2.24. The lowest BCUT2D eigenvalue weighted by atomic mass is 10.0. The number of carbonyl (C=O) groups excluding carboxylic acids is 1. The summed E-state index contributed by atoms with van der Waals surface area (Å²) in [5, 5.41) is 0.0255. The standard InChI is InChI=1S/C11H9Cl2F3O/c12-5-1-2-10(17)8-6-7(11(14,15)16)3-4-9(8)13/h3-4,6H,1-2,5H2. The summed E-state index contributed by atoms with van der Waals surface area (Å²) in [7, 11) is 0. The molecule has 0 bridgehead atoms. The molecule has 0 aliphatic rings. The maximum atomic E-state index is 12.4. The van der Waals surface area contributed by atoms with Gasteiger partial charge in [-0.1, -0.05) is 11.6 Å². The van der Waals surface area contributed by atoms with Crippen molar-refractivity contribution in [2.75, 3.05) is 5.88 Å². The van der Waals surface area contributed by atoms with Crippen molar-refractivity contribution in [3.05, 3.63) is 34.3 Å². The Morgan fingerprint density at radius 1 is 1.29 bits per heavy atom. The van der Waals surface area contributed by atoms with Gasteiger partial charge in [0, 0.05) is 17.9 Å². The van der Waals surface area contributed by atoms with Crippen LogP contribution in [0.5, 0.6) is 0 Å². The summed E-state index contributed by atoms with van der Waals surface area (Å²) in [6.07, 6.45) is -3.98. The van der Waals surface area contributed by atoms with Crippen LogP contribution >= 0.6 is 23.2 Å². The van der Waals surface area contributed by atoms with Crippen molar-refractivity contribution in [3.8, 4) is 0 Å². The van der Waals surface area contributed by atoms with E-state index in [0.29, 0.717) is 6.42 Å². The Kier molecular flexibility index (Phi) is 4.83. The maximum absolute atomic E-state index is 12.4. The van der Waals surface area contributed by atoms with Crippen LogP contribution in [0.1, 0.15) is 28.8 Å². The molecule has 0 amide bonds. The molecular formula is C11H9Cl2F3O. The molecule has 0 aromatic heterocycles. The van der Waals surface area contributed by atoms with Crippen molar-refractivity contribution in [2.24, 2.45) is 0 Å². The first kappa shape index (κ1) is 14.3. The van der Waals surface area contributed by atoms with E-state index in [0.717, 1.165) is 18.2 Å². The van der Waals surface area contributed by atoms with Crippen LogP contribution in [0.2, 0.25) is 5.02 Å². The van der Waals surface area contributed by atoms with Crippen LogP contribution in [-0.4, -0.2) is 11.7 Å². The highest BCUT2D eigenvalue weighted by Crippen LogP contribution is 2.32. The predicted molar refractivity (Wildman–Crippen MR) is 60.7 cm³/mol. The van der Waals surface area contributed by atoms with Gasteiger partial charge in [0.25, 0.3) is 0 Å². The summed E-state index contributed by atoms with van der Waals surface area (Å²) in [5.41, 5.74) is -0.984. The summed E-state index contributed by atoms with van der Waals surface area (Å²) in [6, 6.07) is 2.71. The van der Waals surface area contributed by atoms with Gasteiger partial charge >= 0.3 is 6.18 Å². The third-order valence-corrected chi connectivity index (χ3v) is 2.73. The van der Waals surface area contributed by atoms with E-state index >= 15 is 0 Å². The monoisotopic (exact) mass is 284 g/mol. The Morgan fingerprint density at radius 2 is 1.94 bits per heavy atom. The van der Waals surface area contributed by atoms with Gasteiger partial charge in [0.1, 0.15) is 0 Å². The Labute approximate surface area is 107 Å². The van der Waals surface area contributed by atoms with Crippen LogP contribution in [0, 0.1) is 0 Å². The first-order valence-electron chi connectivity index (χ1n) is 4.82. The zero-order valence-electron chi connectivity index (χ0n) is 8.65. The quantitative estimate of drug-likeness (QED) is 0.585. The smallest absolute Gasteiger partial charge is 0.294 e. The molecule has 1 rings (SSSR count). The van der Waals surface area contributed by atoms with Crippen LogP contribution in [0.4, 0.5) is 13.2 Å². The van der Waals surface area contributed by atoms with E-state index in [4.69, 9.17) is 23.2 Å². The first-order valence-corrected chi connectivity index (χ1v) is 5.73. The molecular weight excluding hydrogens is 276 g/mol. The van der Waals surface area contributed by atoms with E-state index in [1.165, 1.54) is 0 Å². The number of hydrogen-bond acceptors (Lipinski definition) is 1. The summed E-state index contributed by atoms with van der Waals surface area (Å²) in [6.45, 7) is 0. The van der Waals surface area contributed by atoms with Gasteiger partial charge in [-0.2, -0.15) is 13.2 Å². The van der Waals surface area contributed by atoms with E-state index < -0.39 is 17.5 Å². The van der Waals surface area contributed by atoms with Crippen LogP contribution in [0.25, 0.3) is 0 Å². The predicted octanol–water partition coefficient (Wildman–Crippen LogP) is 4.56. The normalized spacial score (nSPS) is 11.6. The zero-order chi connectivity index (χ0) is 13.1. The fourth-order valence-electron chi connectivity index (χ4n) is 1.28. The number of ketones is 1. The van der Waals surface area contributed by atoms with Crippen LogP contribution in [0.15, 0.2) is 18.2 Å². The van der Waals surface area contributed by atoms with Gasteiger partial charge in [-0.3, -0.25) is 4.79 Å². The molecule has 0 aliphatic heterocycles. The number of halogens is 5. The highest BCUT2D eigenvalue weighted by molar-refractivity contribution is 6.34. The van der Waals surface area contributed by atoms with Gasteiger partial charge < -0.3 is 0 Å². The second kappa shape index (κ2) is 5.74. The van der Waals surface area contributed by atoms with Crippen molar-refractivity contribution < 1.29 is 18.0 Å². The number of Topliss-reactive ketones (excluding diaryl/α,β-unsaturated/α-hetero) is 1. The van der Waals surface area contributed by atoms with E-state index in [-0.39, 0.29) is 22.9 Å². The third kappa shape index (κ3) is 3.89. The minimum absolute atomic E-state index is 0.0255. The SMILES string of the molecule is O=C(CCCCl)c1cc(C(F)(F)F)ccc1Cl. The van der Waals surface area contributed by atoms with Crippen molar-refractivity contribution in [1.29, 1.82) is 0 Å². The lowest BCUT2D eigenvalue weighted by molar-refractivity contribution is -0.137. The molecule has 94 valence electrons. The Hall–Kier alpha value is -0.740. The highest BCUT2D eigenvalue weighted by atomic mass is 35.5. The van der Waals surface area contributed by atoms with Gasteiger partial charge in [0.15, 0.2) is 5.78 Å². The second-order valence-electron chi connectivity index (χ2n) is 3.41. The fraction of sp³-hybridized carbons (Fsp3) is 0.364. The molecule has 17 heavy (non-hydrogen) atoms. The molecule has 0 unspecified atom stereocenters. The molecule has 1 nitrogen and oxygen atoms in total. The minimum atomic E-state index is -4.48. The van der Waals surface area contributed by atoms with Crippen molar-refractivity contribution >= 4 is 29.0 Å². The molecule has 0 aliphatic carbocycles. The molecule has 0 saturated heterocycles. The Balaban J connectivity index is 3.02. The van der Waals surface area contributed by atoms with E-state index in [1.54, 1.807) is 0 Å². The Morgan fingerprint density at radius 3 is 2.47 bits per heavy atom. The van der Waals surface area contributed by atoms with Gasteiger partial charge in [-0.05, 0) is 24.6 Å². The zero-order valence-corrected chi connectivity index (χ0v) is 10.2. The molecule has 6 heteroatoms. The van der Waals surface area contributed by atoms with E-state index in [2.05, 4.69) is 0 Å². The van der Waals surface area contributed by atoms with Crippen molar-refractivity contribution in [1.82, 2.24) is 0 Å². The molecule has 0 fully saturated rings. The molecule has 0 heterocycles. The molecule has 0 spiro atoms. The van der Waals surface area contributed by atoms with Crippen molar-refractivity contribution in [2.45, 2.75) is 19.0 Å². The fourth-order valence-corrected chi connectivity index (χ4v) is 1.63. The average molecular weight is 285 g/mol. The van der Waals surface area contributed by atoms with Gasteiger partial charge in [-0.25, -0.2) is 0 Å². The number of hydrogen-bond donors (Lipinski definition) is 0. The number of carbonyl (C=O) groups is 1. The van der Waals surface area contributed by atoms with E-state index in [1.807, 2.05) is 0 Å². The topological polar surface area (TPSA) is 17.1 Å². The maximum Gasteiger partial charge on any atom is 0.416 e. The number of rotatable bonds is 4. The molecule has 1 aromatic rings. The third-order valence-electron chi connectivity index (χ3n) is 2.13. The van der Waals surface area contributed by atoms with Crippen LogP contribution in [-0.2, 0) is 6.18 Å². The number of benzene rings is 1. The van der Waals surface area contributed by atoms with Gasteiger partial charge in [0.05, 0.1) is 10.6 Å². The lowest BCUT2D eigenvalue weighted by Gasteiger charge is -2.09. The van der Waals surface area contributed by atoms with Gasteiger partial charge in [0.2, 0.25) is 0 Å². The lowest BCUT2D eigenvalue weighted by Crippen LogP contribution is -2.08. The Bertz CT molecular complexity index is 416. The van der Waals surface area contributed by atoms with Crippen LogP contribution < -0.4 is 0 Å². The van der Waals surface area contributed by atoms with Gasteiger partial charge in [-0.15, -0.1) is 11.6 Å². The summed E-state index contributed by atoms with van der Waals surface area (Å²) in [5.74, 6) is -0.149. The summed E-state index contributed by atoms with van der Waals surface area (Å²) < 4.78 is 37.3. The molecule has 0 saturated carbocycles. The number of alkyl halides is 4. The summed E-state index contributed by atoms with van der Waals surface area (Å²) in [4.78, 5) is 11.6.